The van der Waals surface area contributed by atoms with Gasteiger partial charge in [-0.25, -0.2) is 4.79 Å². The number of carboxylic acid groups (broad SMARTS) is 1. The summed E-state index contributed by atoms with van der Waals surface area (Å²) in [6.45, 7) is 2.03. The average Bonchev–Trinajstić information content (AvgIpc) is 2.66. The summed E-state index contributed by atoms with van der Waals surface area (Å²) in [5.41, 5.74) is 1.08. The van der Waals surface area contributed by atoms with Gasteiger partial charge in [0, 0.05) is 37.0 Å². The molecule has 3 N–H and O–H groups in total. The molecular formula is C19H28N2O4S. The Morgan fingerprint density at radius 2 is 1.96 bits per heavy atom. The van der Waals surface area contributed by atoms with Crippen LogP contribution in [0.3, 0.4) is 0 Å². The predicted molar refractivity (Wildman–Crippen MR) is 104 cm³/mol. The maximum atomic E-state index is 12.4. The SMILES string of the molecule is CSC1(CNC(=O)NC(CCC(=O)O)Cc2ccccc2)CCOCC1. The van der Waals surface area contributed by atoms with Crippen molar-refractivity contribution in [1.82, 2.24) is 10.6 Å². The monoisotopic (exact) mass is 380 g/mol. The zero-order valence-electron chi connectivity index (χ0n) is 15.2. The smallest absolute Gasteiger partial charge is 0.315 e. The average molecular weight is 381 g/mol. The highest BCUT2D eigenvalue weighted by Crippen LogP contribution is 2.32. The van der Waals surface area contributed by atoms with E-state index in [4.69, 9.17) is 9.84 Å². The Kier molecular flexibility index (Phi) is 8.25. The van der Waals surface area contributed by atoms with Crippen LogP contribution in [0.4, 0.5) is 4.79 Å². The van der Waals surface area contributed by atoms with Crippen LogP contribution in [0.5, 0.6) is 0 Å². The molecule has 6 nitrogen and oxygen atoms in total. The van der Waals surface area contributed by atoms with Gasteiger partial charge in [-0.1, -0.05) is 30.3 Å². The summed E-state index contributed by atoms with van der Waals surface area (Å²) in [4.78, 5) is 23.3. The summed E-state index contributed by atoms with van der Waals surface area (Å²) < 4.78 is 5.44. The van der Waals surface area contributed by atoms with Crippen LogP contribution < -0.4 is 10.6 Å². The van der Waals surface area contributed by atoms with E-state index in [9.17, 15) is 9.59 Å². The van der Waals surface area contributed by atoms with Gasteiger partial charge >= 0.3 is 12.0 Å². The van der Waals surface area contributed by atoms with Crippen molar-refractivity contribution >= 4 is 23.8 Å². The standard InChI is InChI=1S/C19H28N2O4S/c1-26-19(9-11-25-12-10-19)14-20-18(24)21-16(7-8-17(22)23)13-15-5-3-2-4-6-15/h2-6,16H,7-14H2,1H3,(H,22,23)(H2,20,21,24). The van der Waals surface area contributed by atoms with Crippen molar-refractivity contribution in [1.29, 1.82) is 0 Å². The summed E-state index contributed by atoms with van der Waals surface area (Å²) in [6, 6.07) is 9.33. The molecule has 144 valence electrons. The Morgan fingerprint density at radius 3 is 2.58 bits per heavy atom. The highest BCUT2D eigenvalue weighted by molar-refractivity contribution is 8.00. The number of nitrogens with one attached hydrogen (secondary N) is 2. The maximum Gasteiger partial charge on any atom is 0.315 e. The van der Waals surface area contributed by atoms with Crippen LogP contribution in [-0.2, 0) is 16.0 Å². The molecule has 1 atom stereocenters. The van der Waals surface area contributed by atoms with Crippen molar-refractivity contribution in [2.24, 2.45) is 0 Å². The normalized spacial score (nSPS) is 17.3. The van der Waals surface area contributed by atoms with E-state index in [-0.39, 0.29) is 23.2 Å². The predicted octanol–water partition coefficient (Wildman–Crippen LogP) is 2.67. The van der Waals surface area contributed by atoms with Crippen LogP contribution in [0, 0.1) is 0 Å². The van der Waals surface area contributed by atoms with Gasteiger partial charge < -0.3 is 20.5 Å². The van der Waals surface area contributed by atoms with Gasteiger partial charge in [-0.2, -0.15) is 11.8 Å². The highest BCUT2D eigenvalue weighted by atomic mass is 32.2. The lowest BCUT2D eigenvalue weighted by Gasteiger charge is -2.35. The first kappa shape index (κ1) is 20.6. The Bertz CT molecular complexity index is 576. The quantitative estimate of drug-likeness (QED) is 0.613. The van der Waals surface area contributed by atoms with Gasteiger partial charge in [0.25, 0.3) is 0 Å². The lowest BCUT2D eigenvalue weighted by Crippen LogP contribution is -2.49. The highest BCUT2D eigenvalue weighted by Gasteiger charge is 2.32. The van der Waals surface area contributed by atoms with Crippen molar-refractivity contribution in [2.45, 2.75) is 42.9 Å². The number of urea groups is 1. The molecule has 1 saturated heterocycles. The number of amides is 2. The summed E-state index contributed by atoms with van der Waals surface area (Å²) in [5, 5.41) is 14.9. The second-order valence-corrected chi connectivity index (χ2v) is 7.92. The fourth-order valence-electron chi connectivity index (χ4n) is 3.10. The van der Waals surface area contributed by atoms with Gasteiger partial charge in [0.15, 0.2) is 0 Å². The van der Waals surface area contributed by atoms with Gasteiger partial charge in [-0.3, -0.25) is 4.79 Å². The minimum Gasteiger partial charge on any atom is -0.481 e. The van der Waals surface area contributed by atoms with Gasteiger partial charge in [0.2, 0.25) is 0 Å². The second-order valence-electron chi connectivity index (χ2n) is 6.65. The molecule has 1 aliphatic heterocycles. The largest absolute Gasteiger partial charge is 0.481 e. The van der Waals surface area contributed by atoms with Crippen LogP contribution in [-0.4, -0.2) is 53.9 Å². The number of aliphatic carboxylic acids is 1. The molecule has 7 heteroatoms. The molecule has 0 radical (unpaired) electrons. The Hall–Kier alpha value is -1.73. The topological polar surface area (TPSA) is 87.7 Å². The molecular weight excluding hydrogens is 352 g/mol. The van der Waals surface area contributed by atoms with E-state index in [1.807, 2.05) is 30.3 Å². The van der Waals surface area contributed by atoms with E-state index in [0.29, 0.717) is 19.4 Å². The summed E-state index contributed by atoms with van der Waals surface area (Å²) in [7, 11) is 0. The van der Waals surface area contributed by atoms with Gasteiger partial charge in [-0.05, 0) is 37.5 Å². The van der Waals surface area contributed by atoms with Crippen LogP contribution in [0.25, 0.3) is 0 Å². The number of thioether (sulfide) groups is 1. The van der Waals surface area contributed by atoms with Crippen molar-refractivity contribution in [2.75, 3.05) is 26.0 Å². The molecule has 26 heavy (non-hydrogen) atoms. The number of rotatable bonds is 9. The molecule has 2 rings (SSSR count). The molecule has 1 unspecified atom stereocenters. The maximum absolute atomic E-state index is 12.4. The van der Waals surface area contributed by atoms with E-state index in [0.717, 1.165) is 31.6 Å². The summed E-state index contributed by atoms with van der Waals surface area (Å²) in [6.07, 6.45) is 4.95. The van der Waals surface area contributed by atoms with Crippen molar-refractivity contribution in [3.63, 3.8) is 0 Å². The van der Waals surface area contributed by atoms with E-state index in [1.54, 1.807) is 11.8 Å². The van der Waals surface area contributed by atoms with Gasteiger partial charge in [0.1, 0.15) is 0 Å². The minimum atomic E-state index is -0.853. The Balaban J connectivity index is 1.88. The molecule has 1 aliphatic rings. The first-order valence-electron chi connectivity index (χ1n) is 8.96. The van der Waals surface area contributed by atoms with E-state index >= 15 is 0 Å². The number of carbonyl (C=O) groups is 2. The van der Waals surface area contributed by atoms with Crippen molar-refractivity contribution in [3.05, 3.63) is 35.9 Å². The third kappa shape index (κ3) is 6.88. The first-order chi connectivity index (χ1) is 12.5. The lowest BCUT2D eigenvalue weighted by atomic mass is 9.99. The number of benzene rings is 1. The lowest BCUT2D eigenvalue weighted by molar-refractivity contribution is -0.137. The molecule has 0 spiro atoms. The Morgan fingerprint density at radius 1 is 1.27 bits per heavy atom. The fraction of sp³-hybridized carbons (Fsp3) is 0.579. The molecule has 1 aromatic rings. The van der Waals surface area contributed by atoms with E-state index in [2.05, 4.69) is 16.9 Å². The second kappa shape index (κ2) is 10.4. The number of hydrogen-bond donors (Lipinski definition) is 3. The van der Waals surface area contributed by atoms with Crippen LogP contribution in [0.15, 0.2) is 30.3 Å². The van der Waals surface area contributed by atoms with E-state index < -0.39 is 5.97 Å². The number of ether oxygens (including phenoxy) is 1. The zero-order chi connectivity index (χ0) is 18.8. The minimum absolute atomic E-state index is 0.0194. The van der Waals surface area contributed by atoms with Crippen LogP contribution in [0.2, 0.25) is 0 Å². The molecule has 0 aliphatic carbocycles. The van der Waals surface area contributed by atoms with E-state index in [1.165, 1.54) is 0 Å². The molecule has 1 fully saturated rings. The third-order valence-corrected chi connectivity index (χ3v) is 6.19. The first-order valence-corrected chi connectivity index (χ1v) is 10.2. The molecule has 1 heterocycles. The molecule has 0 aromatic heterocycles. The molecule has 0 saturated carbocycles. The van der Waals surface area contributed by atoms with Gasteiger partial charge in [-0.15, -0.1) is 0 Å². The van der Waals surface area contributed by atoms with Crippen LogP contribution in [0.1, 0.15) is 31.2 Å². The fourth-order valence-corrected chi connectivity index (χ4v) is 3.89. The molecule has 2 amide bonds. The van der Waals surface area contributed by atoms with Crippen molar-refractivity contribution in [3.8, 4) is 0 Å². The molecule has 0 bridgehead atoms. The molecule has 1 aromatic carbocycles. The van der Waals surface area contributed by atoms with Gasteiger partial charge in [0.05, 0.1) is 0 Å². The summed E-state index contributed by atoms with van der Waals surface area (Å²) >= 11 is 1.77. The zero-order valence-corrected chi connectivity index (χ0v) is 16.0. The van der Waals surface area contributed by atoms with Crippen LogP contribution >= 0.6 is 11.8 Å². The van der Waals surface area contributed by atoms with Crippen molar-refractivity contribution < 1.29 is 19.4 Å². The number of hydrogen-bond acceptors (Lipinski definition) is 4. The number of carboxylic acids is 1. The third-order valence-electron chi connectivity index (χ3n) is 4.77. The number of carbonyl (C=O) groups excluding carboxylic acids is 1. The summed E-state index contributed by atoms with van der Waals surface area (Å²) in [5.74, 6) is -0.853. The Labute approximate surface area is 159 Å².